The summed E-state index contributed by atoms with van der Waals surface area (Å²) in [5, 5.41) is 1.05. The first-order valence-electron chi connectivity index (χ1n) is 7.36. The number of methoxy groups -OCH3 is 1. The molecule has 0 aromatic carbocycles. The molecule has 3 fully saturated rings. The van der Waals surface area contributed by atoms with E-state index in [1.807, 2.05) is 0 Å². The Morgan fingerprint density at radius 1 is 1.10 bits per heavy atom. The van der Waals surface area contributed by atoms with E-state index in [9.17, 15) is 0 Å². The molecule has 0 N–H and O–H groups in total. The summed E-state index contributed by atoms with van der Waals surface area (Å²) < 4.78 is 22.9. The maximum absolute atomic E-state index is 5.91. The molecule has 0 atom stereocenters. The number of fused-ring (bicyclic) bond motifs is 6. The number of nitrogens with zero attached hydrogens (tertiary/aromatic N) is 1. The van der Waals surface area contributed by atoms with Gasteiger partial charge < -0.3 is 18.0 Å². The zero-order valence-electron chi connectivity index (χ0n) is 13.4. The molecular weight excluding hydrogens is 302 g/mol. The summed E-state index contributed by atoms with van der Waals surface area (Å²) in [5.74, 6) is 3.24. The minimum absolute atomic E-state index is 0.622. The molecule has 0 radical (unpaired) electrons. The molecule has 0 spiro atoms. The van der Waals surface area contributed by atoms with Gasteiger partial charge in [0.05, 0.1) is 41.3 Å². The van der Waals surface area contributed by atoms with Crippen molar-refractivity contribution in [2.24, 2.45) is 0 Å². The second-order valence-corrected chi connectivity index (χ2v) is 13.5. The Morgan fingerprint density at radius 2 is 1.62 bits per heavy atom. The van der Waals surface area contributed by atoms with Gasteiger partial charge in [0.1, 0.15) is 0 Å². The molecule has 0 amide bonds. The van der Waals surface area contributed by atoms with Crippen LogP contribution in [0.4, 0.5) is 0 Å². The van der Waals surface area contributed by atoms with Gasteiger partial charge in [-0.05, 0) is 5.54 Å². The quantitative estimate of drug-likeness (QED) is 0.434. The van der Waals surface area contributed by atoms with Crippen molar-refractivity contribution >= 4 is 16.9 Å². The van der Waals surface area contributed by atoms with Gasteiger partial charge in [0.15, 0.2) is 0 Å². The molecule has 0 aromatic heterocycles. The summed E-state index contributed by atoms with van der Waals surface area (Å²) in [6, 6.07) is 0. The number of allylic oxidation sites excluding steroid dienone is 1. The van der Waals surface area contributed by atoms with Gasteiger partial charge in [0.2, 0.25) is 0 Å². The van der Waals surface area contributed by atoms with Crippen molar-refractivity contribution in [2.45, 2.75) is 19.6 Å². The van der Waals surface area contributed by atoms with Crippen molar-refractivity contribution in [3.8, 4) is 11.5 Å². The van der Waals surface area contributed by atoms with E-state index >= 15 is 0 Å². The van der Waals surface area contributed by atoms with Crippen LogP contribution in [0, 0.1) is 11.5 Å². The highest BCUT2D eigenvalue weighted by Crippen LogP contribution is 2.17. The van der Waals surface area contributed by atoms with E-state index in [-0.39, 0.29) is 0 Å². The van der Waals surface area contributed by atoms with Crippen molar-refractivity contribution in [3.05, 3.63) is 11.5 Å². The minimum atomic E-state index is -2.86. The van der Waals surface area contributed by atoms with Crippen LogP contribution in [-0.4, -0.2) is 68.3 Å². The van der Waals surface area contributed by atoms with Crippen LogP contribution in [0.15, 0.2) is 11.5 Å². The number of ether oxygens (including phenoxy) is 1. The molecule has 0 aromatic rings. The van der Waals surface area contributed by atoms with Crippen LogP contribution in [0.1, 0.15) is 0 Å². The van der Waals surface area contributed by atoms with Gasteiger partial charge in [0.25, 0.3) is 0 Å². The van der Waals surface area contributed by atoms with Crippen molar-refractivity contribution in [1.29, 1.82) is 0 Å². The lowest BCUT2D eigenvalue weighted by Crippen LogP contribution is -2.54. The van der Waals surface area contributed by atoms with E-state index in [2.05, 4.69) is 36.0 Å². The van der Waals surface area contributed by atoms with E-state index in [4.69, 9.17) is 18.0 Å². The topological polar surface area (TPSA) is 40.2 Å². The van der Waals surface area contributed by atoms with Crippen molar-refractivity contribution < 1.29 is 18.0 Å². The Morgan fingerprint density at radius 3 is 2.05 bits per heavy atom. The highest BCUT2D eigenvalue weighted by atomic mass is 28.4. The van der Waals surface area contributed by atoms with Crippen LogP contribution in [-0.2, 0) is 18.0 Å². The normalized spacial score (nSPS) is 30.7. The average Bonchev–Trinajstić information content (AvgIpc) is 2.33. The summed E-state index contributed by atoms with van der Waals surface area (Å²) in [4.78, 5) is 2.29. The molecule has 3 saturated heterocycles. The van der Waals surface area contributed by atoms with E-state index in [0.29, 0.717) is 19.8 Å². The number of hydrogen-bond donors (Lipinski definition) is 0. The molecule has 0 saturated carbocycles. The third-order valence-corrected chi connectivity index (χ3v) is 7.54. The molecule has 0 unspecified atom stereocenters. The Kier molecular flexibility index (Phi) is 5.65. The Hall–Kier alpha value is -0.626. The van der Waals surface area contributed by atoms with Crippen LogP contribution in [0.3, 0.4) is 0 Å². The number of hydrogen-bond acceptors (Lipinski definition) is 5. The molecule has 5 nitrogen and oxygen atoms in total. The fraction of sp³-hybridized carbons (Fsp3) is 0.714. The molecule has 0 aliphatic carbocycles. The second-order valence-electron chi connectivity index (χ2n) is 6.21. The first-order chi connectivity index (χ1) is 9.95. The average molecular weight is 328 g/mol. The lowest BCUT2D eigenvalue weighted by Gasteiger charge is -2.35. The first-order valence-corrected chi connectivity index (χ1v) is 12.6. The summed E-state index contributed by atoms with van der Waals surface area (Å²) in [6.45, 7) is 11.4. The van der Waals surface area contributed by atoms with E-state index in [0.717, 1.165) is 24.8 Å². The molecule has 118 valence electrons. The van der Waals surface area contributed by atoms with Gasteiger partial charge in [-0.25, -0.2) is 0 Å². The highest BCUT2D eigenvalue weighted by molar-refractivity contribution is 6.84. The van der Waals surface area contributed by atoms with Gasteiger partial charge in [-0.1, -0.05) is 25.6 Å². The third-order valence-electron chi connectivity index (χ3n) is 3.49. The number of rotatable bonds is 2. The Balaban J connectivity index is 2.22. The van der Waals surface area contributed by atoms with Crippen molar-refractivity contribution in [2.75, 3.05) is 46.6 Å². The predicted octanol–water partition coefficient (Wildman–Crippen LogP) is 1.25. The molecule has 3 heterocycles. The van der Waals surface area contributed by atoms with E-state index in [1.54, 1.807) is 13.4 Å². The standard InChI is InChI=1S/C14H25NO4Si2/c1-16-13-14(20(2,3)4)5-12-21-17-9-6-15(7-10-18-21)8-11-19-21/h13H,6-11H2,1-4H3/b14-13+. The molecule has 3 aliphatic rings. The predicted molar refractivity (Wildman–Crippen MR) is 86.3 cm³/mol. The van der Waals surface area contributed by atoms with E-state index < -0.39 is 16.9 Å². The van der Waals surface area contributed by atoms with Crippen LogP contribution >= 0.6 is 0 Å². The third kappa shape index (κ3) is 4.67. The minimum Gasteiger partial charge on any atom is -0.504 e. The Bertz CT molecular complexity index is 424. The molecular formula is C14H25NO4Si2. The highest BCUT2D eigenvalue weighted by Gasteiger charge is 2.43. The van der Waals surface area contributed by atoms with Crippen LogP contribution in [0.5, 0.6) is 0 Å². The fourth-order valence-electron chi connectivity index (χ4n) is 2.15. The lowest BCUT2D eigenvalue weighted by molar-refractivity contribution is 0.00215. The Labute approximate surface area is 129 Å². The molecule has 21 heavy (non-hydrogen) atoms. The first kappa shape index (κ1) is 16.7. The summed E-state index contributed by atoms with van der Waals surface area (Å²) >= 11 is 0. The van der Waals surface area contributed by atoms with Crippen LogP contribution < -0.4 is 0 Å². The van der Waals surface area contributed by atoms with Crippen molar-refractivity contribution in [3.63, 3.8) is 0 Å². The SMILES string of the molecule is CO/C=C(\C#C[Si]12OCCN(CCO1)CCO2)[Si](C)(C)C. The maximum Gasteiger partial charge on any atom is 0.592 e. The zero-order chi connectivity index (χ0) is 15.3. The largest absolute Gasteiger partial charge is 0.592 e. The molecule has 7 heteroatoms. The van der Waals surface area contributed by atoms with Crippen LogP contribution in [0.25, 0.3) is 0 Å². The van der Waals surface area contributed by atoms with Gasteiger partial charge in [0, 0.05) is 24.8 Å². The van der Waals surface area contributed by atoms with Gasteiger partial charge >= 0.3 is 8.80 Å². The van der Waals surface area contributed by atoms with Gasteiger partial charge in [-0.15, -0.1) is 0 Å². The summed E-state index contributed by atoms with van der Waals surface area (Å²) in [6.07, 6.45) is 1.75. The fourth-order valence-corrected chi connectivity index (χ4v) is 5.02. The van der Waals surface area contributed by atoms with Gasteiger partial charge in [-0.3, -0.25) is 4.90 Å². The van der Waals surface area contributed by atoms with Gasteiger partial charge in [-0.2, -0.15) is 0 Å². The maximum atomic E-state index is 5.91. The van der Waals surface area contributed by atoms with Crippen LogP contribution in [0.2, 0.25) is 19.6 Å². The smallest absolute Gasteiger partial charge is 0.504 e. The molecule has 3 aliphatic heterocycles. The monoisotopic (exact) mass is 327 g/mol. The van der Waals surface area contributed by atoms with E-state index in [1.165, 1.54) is 0 Å². The molecule has 3 rings (SSSR count). The second kappa shape index (κ2) is 7.09. The van der Waals surface area contributed by atoms with Crippen molar-refractivity contribution in [1.82, 2.24) is 4.90 Å². The summed E-state index contributed by atoms with van der Waals surface area (Å²) in [5.41, 5.74) is 3.21. The summed E-state index contributed by atoms with van der Waals surface area (Å²) in [7, 11) is -2.76. The molecule has 2 bridgehead atoms. The zero-order valence-corrected chi connectivity index (χ0v) is 15.4. The lowest BCUT2D eigenvalue weighted by atomic mass is 10.4.